The van der Waals surface area contributed by atoms with Crippen LogP contribution in [-0.4, -0.2) is 24.0 Å². The molecule has 3 aromatic rings. The van der Waals surface area contributed by atoms with E-state index in [-0.39, 0.29) is 5.91 Å². The van der Waals surface area contributed by atoms with Crippen LogP contribution < -0.4 is 10.1 Å². The van der Waals surface area contributed by atoms with Crippen LogP contribution >= 0.6 is 0 Å². The number of hydrogen-bond acceptors (Lipinski definition) is 3. The van der Waals surface area contributed by atoms with Gasteiger partial charge in [-0.25, -0.2) is 0 Å². The largest absolute Gasteiger partial charge is 0.493 e. The molecule has 0 radical (unpaired) electrons. The lowest BCUT2D eigenvalue weighted by Gasteiger charge is -2.48. The van der Waals surface area contributed by atoms with Crippen molar-refractivity contribution < 1.29 is 9.53 Å². The minimum Gasteiger partial charge on any atom is -0.493 e. The Morgan fingerprint density at radius 2 is 1.62 bits per heavy atom. The van der Waals surface area contributed by atoms with E-state index in [0.29, 0.717) is 6.61 Å². The molecule has 0 bridgehead atoms. The molecule has 32 heavy (non-hydrogen) atoms. The molecule has 0 saturated carbocycles. The molecule has 4 rings (SSSR count). The predicted molar refractivity (Wildman–Crippen MR) is 130 cm³/mol. The Balaban J connectivity index is 1.56. The highest BCUT2D eigenvalue weighted by Gasteiger charge is 2.44. The van der Waals surface area contributed by atoms with Crippen molar-refractivity contribution in [2.75, 3.05) is 18.5 Å². The second-order valence-electron chi connectivity index (χ2n) is 8.30. The van der Waals surface area contributed by atoms with Crippen LogP contribution in [0.1, 0.15) is 54.6 Å². The molecular weight excluding hydrogens is 396 g/mol. The number of anilines is 1. The van der Waals surface area contributed by atoms with Crippen LogP contribution in [0, 0.1) is 0 Å². The van der Waals surface area contributed by atoms with Gasteiger partial charge in [0, 0.05) is 18.7 Å². The minimum atomic E-state index is -0.566. The molecule has 0 aliphatic carbocycles. The molecule has 4 nitrogen and oxygen atoms in total. The standard InChI is InChI=1S/C28H32N2O2/c1-3-5-20-30-27(31)25-13-9-10-14-26(25)29-28(30,4-2)23-15-17-24(18-16-23)32-21-19-22-11-7-6-8-12-22/h6-18,29H,3-5,19-21H2,1-2H3. The summed E-state index contributed by atoms with van der Waals surface area (Å²) >= 11 is 0. The van der Waals surface area contributed by atoms with Gasteiger partial charge in [-0.15, -0.1) is 0 Å². The number of carbonyl (C=O) groups is 1. The van der Waals surface area contributed by atoms with Gasteiger partial charge in [0.25, 0.3) is 5.91 Å². The van der Waals surface area contributed by atoms with Crippen molar-refractivity contribution in [3.05, 3.63) is 95.6 Å². The summed E-state index contributed by atoms with van der Waals surface area (Å²) in [6, 6.07) is 26.4. The first-order chi connectivity index (χ1) is 15.7. The van der Waals surface area contributed by atoms with E-state index in [0.717, 1.165) is 54.8 Å². The lowest BCUT2D eigenvalue weighted by molar-refractivity contribution is 0.0478. The maximum absolute atomic E-state index is 13.5. The number of nitrogens with one attached hydrogen (secondary N) is 1. The fourth-order valence-corrected chi connectivity index (χ4v) is 4.47. The lowest BCUT2D eigenvalue weighted by Crippen LogP contribution is -2.57. The highest BCUT2D eigenvalue weighted by atomic mass is 16.5. The maximum Gasteiger partial charge on any atom is 0.258 e. The number of unbranched alkanes of at least 4 members (excludes halogenated alkanes) is 1. The molecule has 4 heteroatoms. The van der Waals surface area contributed by atoms with E-state index < -0.39 is 5.66 Å². The summed E-state index contributed by atoms with van der Waals surface area (Å²) < 4.78 is 5.99. The van der Waals surface area contributed by atoms with Gasteiger partial charge in [-0.1, -0.05) is 74.9 Å². The van der Waals surface area contributed by atoms with Crippen molar-refractivity contribution in [2.24, 2.45) is 0 Å². The molecule has 0 saturated heterocycles. The van der Waals surface area contributed by atoms with Gasteiger partial charge in [0.1, 0.15) is 11.4 Å². The fraction of sp³-hybridized carbons (Fsp3) is 0.321. The summed E-state index contributed by atoms with van der Waals surface area (Å²) in [5.74, 6) is 0.941. The number of carbonyl (C=O) groups excluding carboxylic acids is 1. The molecule has 1 aliphatic rings. The van der Waals surface area contributed by atoms with Crippen molar-refractivity contribution in [3.63, 3.8) is 0 Å². The van der Waals surface area contributed by atoms with Gasteiger partial charge < -0.3 is 15.0 Å². The highest BCUT2D eigenvalue weighted by molar-refractivity contribution is 6.02. The molecule has 166 valence electrons. The zero-order valence-corrected chi connectivity index (χ0v) is 19.0. The Kier molecular flexibility index (Phi) is 6.79. The average molecular weight is 429 g/mol. The van der Waals surface area contributed by atoms with Crippen LogP contribution in [0.2, 0.25) is 0 Å². The number of fused-ring (bicyclic) bond motifs is 1. The third-order valence-corrected chi connectivity index (χ3v) is 6.29. The van der Waals surface area contributed by atoms with Crippen molar-refractivity contribution >= 4 is 11.6 Å². The van der Waals surface area contributed by atoms with Crippen LogP contribution in [0.3, 0.4) is 0 Å². The fourth-order valence-electron chi connectivity index (χ4n) is 4.47. The number of ether oxygens (including phenoxy) is 1. The second-order valence-corrected chi connectivity index (χ2v) is 8.30. The maximum atomic E-state index is 13.5. The average Bonchev–Trinajstić information content (AvgIpc) is 2.84. The predicted octanol–water partition coefficient (Wildman–Crippen LogP) is 6.24. The summed E-state index contributed by atoms with van der Waals surface area (Å²) in [7, 11) is 0. The molecule has 1 N–H and O–H groups in total. The number of amides is 1. The summed E-state index contributed by atoms with van der Waals surface area (Å²) in [6.07, 6.45) is 3.65. The third-order valence-electron chi connectivity index (χ3n) is 6.29. The van der Waals surface area contributed by atoms with Crippen molar-refractivity contribution in [2.45, 2.75) is 45.2 Å². The van der Waals surface area contributed by atoms with Crippen LogP contribution in [0.5, 0.6) is 5.75 Å². The Morgan fingerprint density at radius 1 is 0.906 bits per heavy atom. The number of para-hydroxylation sites is 1. The first-order valence-corrected chi connectivity index (χ1v) is 11.6. The molecule has 0 spiro atoms. The Bertz CT molecular complexity index is 1030. The van der Waals surface area contributed by atoms with Crippen LogP contribution in [0.4, 0.5) is 5.69 Å². The molecular formula is C28H32N2O2. The molecule has 1 unspecified atom stereocenters. The first-order valence-electron chi connectivity index (χ1n) is 11.6. The van der Waals surface area contributed by atoms with Crippen molar-refractivity contribution in [3.8, 4) is 5.75 Å². The zero-order chi connectivity index (χ0) is 22.4. The molecule has 1 amide bonds. The van der Waals surface area contributed by atoms with Gasteiger partial charge in [-0.3, -0.25) is 4.79 Å². The SMILES string of the molecule is CCCCN1C(=O)c2ccccc2NC1(CC)c1ccc(OCCc2ccccc2)cc1. The molecule has 1 atom stereocenters. The third kappa shape index (κ3) is 4.36. The second kappa shape index (κ2) is 9.90. The van der Waals surface area contributed by atoms with Crippen LogP contribution in [0.15, 0.2) is 78.9 Å². The first kappa shape index (κ1) is 21.9. The monoisotopic (exact) mass is 428 g/mol. The minimum absolute atomic E-state index is 0.0952. The van der Waals surface area contributed by atoms with E-state index in [4.69, 9.17) is 4.74 Å². The molecule has 1 aliphatic heterocycles. The summed E-state index contributed by atoms with van der Waals surface area (Å²) in [4.78, 5) is 15.5. The van der Waals surface area contributed by atoms with Gasteiger partial charge in [-0.05, 0) is 48.2 Å². The van der Waals surface area contributed by atoms with Gasteiger partial charge in [0.2, 0.25) is 0 Å². The zero-order valence-electron chi connectivity index (χ0n) is 19.0. The van der Waals surface area contributed by atoms with E-state index in [1.54, 1.807) is 0 Å². The van der Waals surface area contributed by atoms with Gasteiger partial charge in [-0.2, -0.15) is 0 Å². The van der Waals surface area contributed by atoms with Crippen molar-refractivity contribution in [1.82, 2.24) is 4.90 Å². The molecule has 0 aromatic heterocycles. The molecule has 1 heterocycles. The quantitative estimate of drug-likeness (QED) is 0.439. The number of nitrogens with zero attached hydrogens (tertiary/aromatic N) is 1. The summed E-state index contributed by atoms with van der Waals surface area (Å²) in [6.45, 7) is 5.65. The molecule has 0 fully saturated rings. The number of hydrogen-bond donors (Lipinski definition) is 1. The Morgan fingerprint density at radius 3 is 2.34 bits per heavy atom. The van der Waals surface area contributed by atoms with E-state index in [1.165, 1.54) is 5.56 Å². The summed E-state index contributed by atoms with van der Waals surface area (Å²) in [5.41, 5.74) is 3.42. The van der Waals surface area contributed by atoms with E-state index >= 15 is 0 Å². The van der Waals surface area contributed by atoms with Gasteiger partial charge in [0.15, 0.2) is 0 Å². The topological polar surface area (TPSA) is 41.6 Å². The van der Waals surface area contributed by atoms with E-state index in [2.05, 4.69) is 55.6 Å². The van der Waals surface area contributed by atoms with Crippen LogP contribution in [-0.2, 0) is 12.1 Å². The van der Waals surface area contributed by atoms with Gasteiger partial charge in [0.05, 0.1) is 12.2 Å². The molecule has 3 aromatic carbocycles. The smallest absolute Gasteiger partial charge is 0.258 e. The van der Waals surface area contributed by atoms with Crippen LogP contribution in [0.25, 0.3) is 0 Å². The highest BCUT2D eigenvalue weighted by Crippen LogP contribution is 2.40. The summed E-state index contributed by atoms with van der Waals surface area (Å²) in [5, 5.41) is 3.71. The van der Waals surface area contributed by atoms with E-state index in [1.807, 2.05) is 47.4 Å². The normalized spacial score (nSPS) is 17.6. The lowest BCUT2D eigenvalue weighted by atomic mass is 9.89. The van der Waals surface area contributed by atoms with E-state index in [9.17, 15) is 4.79 Å². The van der Waals surface area contributed by atoms with Gasteiger partial charge >= 0.3 is 0 Å². The van der Waals surface area contributed by atoms with Crippen molar-refractivity contribution in [1.29, 1.82) is 0 Å². The number of rotatable bonds is 9. The Labute approximate surface area is 191 Å². The number of benzene rings is 3. The Hall–Kier alpha value is -3.27.